The molecule has 4 nitrogen and oxygen atoms in total. The van der Waals surface area contributed by atoms with Gasteiger partial charge in [-0.1, -0.05) is 62.3 Å². The molecular formula is C27H37NO3. The first kappa shape index (κ1) is 24.5. The monoisotopic (exact) mass is 423 g/mol. The van der Waals surface area contributed by atoms with Crippen molar-refractivity contribution in [2.45, 2.75) is 54.4 Å². The van der Waals surface area contributed by atoms with Gasteiger partial charge >= 0.3 is 0 Å². The third kappa shape index (κ3) is 7.46. The largest absolute Gasteiger partial charge is 0.493 e. The van der Waals surface area contributed by atoms with Crippen molar-refractivity contribution in [2.75, 3.05) is 20.3 Å². The van der Waals surface area contributed by atoms with Gasteiger partial charge in [-0.2, -0.15) is 0 Å². The molecule has 0 aliphatic rings. The van der Waals surface area contributed by atoms with Crippen LogP contribution in [0.2, 0.25) is 0 Å². The first-order valence-corrected chi connectivity index (χ1v) is 10.9. The molecule has 168 valence electrons. The third-order valence-corrected chi connectivity index (χ3v) is 4.99. The Kier molecular flexibility index (Phi) is 9.17. The zero-order chi connectivity index (χ0) is 22.9. The predicted octanol–water partition coefficient (Wildman–Crippen LogP) is 6.67. The zero-order valence-electron chi connectivity index (χ0n) is 20.1. The van der Waals surface area contributed by atoms with E-state index in [4.69, 9.17) is 14.3 Å². The van der Waals surface area contributed by atoms with Gasteiger partial charge in [-0.25, -0.2) is 0 Å². The molecular weight excluding hydrogens is 386 g/mol. The number of allylic oxidation sites excluding steroid dienone is 1. The molecule has 0 bridgehead atoms. The van der Waals surface area contributed by atoms with Crippen LogP contribution in [0.25, 0.3) is 0 Å². The fourth-order valence-corrected chi connectivity index (χ4v) is 3.46. The van der Waals surface area contributed by atoms with E-state index in [1.165, 1.54) is 5.56 Å². The maximum atomic E-state index is 6.10. The average Bonchev–Trinajstić information content (AvgIpc) is 2.71. The van der Waals surface area contributed by atoms with E-state index in [-0.39, 0.29) is 5.41 Å². The molecule has 0 atom stereocenters. The van der Waals surface area contributed by atoms with Gasteiger partial charge in [0, 0.05) is 5.41 Å². The smallest absolute Gasteiger partial charge is 0.125 e. The Labute approximate surface area is 187 Å². The molecule has 4 heteroatoms. The summed E-state index contributed by atoms with van der Waals surface area (Å²) in [6.07, 6.45) is 5.91. The Morgan fingerprint density at radius 1 is 1.00 bits per heavy atom. The minimum absolute atomic E-state index is 0.0750. The van der Waals surface area contributed by atoms with Crippen LogP contribution in [-0.2, 0) is 11.3 Å². The lowest BCUT2D eigenvalue weighted by molar-refractivity contribution is 0.209. The maximum Gasteiger partial charge on any atom is 0.125 e. The number of hydrogen-bond donors (Lipinski definition) is 0. The summed E-state index contributed by atoms with van der Waals surface area (Å²) in [5, 5.41) is 4.23. The van der Waals surface area contributed by atoms with Crippen molar-refractivity contribution in [1.29, 1.82) is 0 Å². The molecule has 0 N–H and O–H groups in total. The van der Waals surface area contributed by atoms with E-state index in [0.717, 1.165) is 46.7 Å². The Morgan fingerprint density at radius 3 is 2.19 bits per heavy atom. The Balaban J connectivity index is 1.91. The van der Waals surface area contributed by atoms with Crippen LogP contribution in [0.1, 0.15) is 56.4 Å². The predicted molar refractivity (Wildman–Crippen MR) is 129 cm³/mol. The SMILES string of the molecule is C/C=C/COc1cc(C)c(OCCCc2ccc(C(=NOC)C(C)(C)C)cc2)c(C)c1. The highest BCUT2D eigenvalue weighted by Gasteiger charge is 2.21. The molecule has 0 aliphatic carbocycles. The normalized spacial score (nSPS) is 12.3. The minimum atomic E-state index is -0.0750. The molecule has 31 heavy (non-hydrogen) atoms. The van der Waals surface area contributed by atoms with Gasteiger partial charge in [-0.3, -0.25) is 0 Å². The Bertz CT molecular complexity index is 867. The lowest BCUT2D eigenvalue weighted by Crippen LogP contribution is -2.21. The van der Waals surface area contributed by atoms with Crippen LogP contribution in [0.5, 0.6) is 11.5 Å². The van der Waals surface area contributed by atoms with E-state index >= 15 is 0 Å². The summed E-state index contributed by atoms with van der Waals surface area (Å²) < 4.78 is 11.9. The topological polar surface area (TPSA) is 40.0 Å². The fraction of sp³-hybridized carbons (Fsp3) is 0.444. The van der Waals surface area contributed by atoms with Gasteiger partial charge in [0.15, 0.2) is 0 Å². The quantitative estimate of drug-likeness (QED) is 0.185. The van der Waals surface area contributed by atoms with Gasteiger partial charge in [-0.05, 0) is 68.0 Å². The van der Waals surface area contributed by atoms with Crippen LogP contribution in [0.15, 0.2) is 53.7 Å². The Hall–Kier alpha value is -2.75. The number of ether oxygens (including phenoxy) is 2. The molecule has 0 saturated carbocycles. The van der Waals surface area contributed by atoms with Crippen molar-refractivity contribution >= 4 is 5.71 Å². The van der Waals surface area contributed by atoms with Crippen LogP contribution in [0, 0.1) is 19.3 Å². The van der Waals surface area contributed by atoms with Crippen molar-refractivity contribution in [3.63, 3.8) is 0 Å². The maximum absolute atomic E-state index is 6.10. The summed E-state index contributed by atoms with van der Waals surface area (Å²) in [6, 6.07) is 12.7. The van der Waals surface area contributed by atoms with Crippen molar-refractivity contribution in [1.82, 2.24) is 0 Å². The second kappa shape index (κ2) is 11.6. The van der Waals surface area contributed by atoms with Crippen molar-refractivity contribution < 1.29 is 14.3 Å². The highest BCUT2D eigenvalue weighted by molar-refractivity contribution is 6.03. The van der Waals surface area contributed by atoms with Crippen LogP contribution >= 0.6 is 0 Å². The van der Waals surface area contributed by atoms with E-state index in [0.29, 0.717) is 13.2 Å². The average molecular weight is 424 g/mol. The van der Waals surface area contributed by atoms with Crippen LogP contribution in [0.3, 0.4) is 0 Å². The zero-order valence-corrected chi connectivity index (χ0v) is 20.1. The number of oxime groups is 1. The molecule has 0 saturated heterocycles. The van der Waals surface area contributed by atoms with Gasteiger partial charge < -0.3 is 14.3 Å². The van der Waals surface area contributed by atoms with Gasteiger partial charge in [0.2, 0.25) is 0 Å². The highest BCUT2D eigenvalue weighted by Crippen LogP contribution is 2.29. The standard InChI is InChI=1S/C27H37NO3/c1-8-9-16-30-24-18-20(2)25(21(3)19-24)31-17-10-11-22-12-14-23(15-13-22)26(28-29-7)27(4,5)6/h8-9,12-15,18-19H,10-11,16-17H2,1-7H3/b9-8+,28-26?. The molecule has 0 heterocycles. The first-order valence-electron chi connectivity index (χ1n) is 10.9. The van der Waals surface area contributed by atoms with E-state index in [1.807, 2.05) is 31.2 Å². The van der Waals surface area contributed by atoms with Gasteiger partial charge in [0.05, 0.1) is 12.3 Å². The van der Waals surface area contributed by atoms with E-state index in [1.54, 1.807) is 7.11 Å². The van der Waals surface area contributed by atoms with Crippen LogP contribution in [-0.4, -0.2) is 26.0 Å². The molecule has 2 aromatic rings. The van der Waals surface area contributed by atoms with Crippen molar-refractivity contribution in [3.05, 3.63) is 70.8 Å². The van der Waals surface area contributed by atoms with Gasteiger partial charge in [-0.15, -0.1) is 0 Å². The number of hydrogen-bond acceptors (Lipinski definition) is 4. The number of nitrogens with zero attached hydrogens (tertiary/aromatic N) is 1. The van der Waals surface area contributed by atoms with E-state index < -0.39 is 0 Å². The number of rotatable bonds is 10. The lowest BCUT2D eigenvalue weighted by Gasteiger charge is -2.21. The van der Waals surface area contributed by atoms with Gasteiger partial charge in [0.25, 0.3) is 0 Å². The molecule has 0 amide bonds. The summed E-state index contributed by atoms with van der Waals surface area (Å²) in [4.78, 5) is 5.05. The Morgan fingerprint density at radius 2 is 1.65 bits per heavy atom. The summed E-state index contributed by atoms with van der Waals surface area (Å²) in [6.45, 7) is 13.8. The van der Waals surface area contributed by atoms with Crippen molar-refractivity contribution in [3.8, 4) is 11.5 Å². The minimum Gasteiger partial charge on any atom is -0.493 e. The second-order valence-electron chi connectivity index (χ2n) is 8.79. The molecule has 2 rings (SSSR count). The van der Waals surface area contributed by atoms with Gasteiger partial charge in [0.1, 0.15) is 25.2 Å². The summed E-state index contributed by atoms with van der Waals surface area (Å²) in [5.41, 5.74) is 5.47. The molecule has 0 radical (unpaired) electrons. The van der Waals surface area contributed by atoms with Crippen molar-refractivity contribution in [2.24, 2.45) is 10.6 Å². The second-order valence-corrected chi connectivity index (χ2v) is 8.79. The molecule has 0 aromatic heterocycles. The van der Waals surface area contributed by atoms with Crippen LogP contribution < -0.4 is 9.47 Å². The molecule has 0 unspecified atom stereocenters. The summed E-state index contributed by atoms with van der Waals surface area (Å²) in [7, 11) is 1.59. The van der Waals surface area contributed by atoms with E-state index in [2.05, 4.69) is 64.0 Å². The number of benzene rings is 2. The molecule has 2 aromatic carbocycles. The highest BCUT2D eigenvalue weighted by atomic mass is 16.6. The number of aryl methyl sites for hydroxylation is 3. The van der Waals surface area contributed by atoms with E-state index in [9.17, 15) is 0 Å². The molecule has 0 fully saturated rings. The summed E-state index contributed by atoms with van der Waals surface area (Å²) in [5.74, 6) is 1.84. The molecule has 0 spiro atoms. The molecule has 0 aliphatic heterocycles. The third-order valence-electron chi connectivity index (χ3n) is 4.99. The van der Waals surface area contributed by atoms with Crippen LogP contribution in [0.4, 0.5) is 0 Å². The fourth-order valence-electron chi connectivity index (χ4n) is 3.46. The lowest BCUT2D eigenvalue weighted by atomic mass is 9.85. The first-order chi connectivity index (χ1) is 14.8. The summed E-state index contributed by atoms with van der Waals surface area (Å²) >= 11 is 0.